The molecule has 16 heavy (non-hydrogen) atoms. The first-order valence-corrected chi connectivity index (χ1v) is 6.13. The third-order valence-electron chi connectivity index (χ3n) is 4.43. The Morgan fingerprint density at radius 2 is 1.75 bits per heavy atom. The van der Waals surface area contributed by atoms with Crippen LogP contribution in [0.15, 0.2) is 30.3 Å². The summed E-state index contributed by atoms with van der Waals surface area (Å²) in [7, 11) is 0. The maximum atomic E-state index is 11.4. The molecule has 2 heteroatoms. The number of carbonyl (C=O) groups excluding carboxylic acids is 1. The molecule has 0 heterocycles. The van der Waals surface area contributed by atoms with Crippen molar-refractivity contribution < 1.29 is 4.79 Å². The first-order valence-electron chi connectivity index (χ1n) is 6.13. The average molecular weight is 215 g/mol. The SMILES string of the molecule is NC(=O)C1[C@H]2CCC[C@H]1C2c1ccccc1. The Bertz CT molecular complexity index is 388. The lowest BCUT2D eigenvalue weighted by molar-refractivity contribution is -0.137. The summed E-state index contributed by atoms with van der Waals surface area (Å²) in [6, 6.07) is 10.6. The fourth-order valence-corrected chi connectivity index (χ4v) is 3.84. The van der Waals surface area contributed by atoms with Gasteiger partial charge in [-0.2, -0.15) is 0 Å². The van der Waals surface area contributed by atoms with Crippen LogP contribution in [0.3, 0.4) is 0 Å². The summed E-state index contributed by atoms with van der Waals surface area (Å²) < 4.78 is 0. The summed E-state index contributed by atoms with van der Waals surface area (Å²) in [4.78, 5) is 11.4. The van der Waals surface area contributed by atoms with Crippen molar-refractivity contribution in [2.45, 2.75) is 25.2 Å². The molecular formula is C14H17NO. The number of carbonyl (C=O) groups is 1. The highest BCUT2D eigenvalue weighted by molar-refractivity contribution is 5.79. The Labute approximate surface area is 95.8 Å². The molecule has 2 nitrogen and oxygen atoms in total. The molecule has 84 valence electrons. The van der Waals surface area contributed by atoms with Crippen molar-refractivity contribution in [2.75, 3.05) is 0 Å². The number of hydrogen-bond donors (Lipinski definition) is 1. The quantitative estimate of drug-likeness (QED) is 0.808. The summed E-state index contributed by atoms with van der Waals surface area (Å²) in [6.45, 7) is 0. The third-order valence-corrected chi connectivity index (χ3v) is 4.43. The van der Waals surface area contributed by atoms with Gasteiger partial charge in [0.1, 0.15) is 0 Å². The molecule has 2 N–H and O–H groups in total. The van der Waals surface area contributed by atoms with Gasteiger partial charge < -0.3 is 5.73 Å². The molecule has 1 amide bonds. The molecule has 0 aromatic heterocycles. The maximum Gasteiger partial charge on any atom is 0.221 e. The van der Waals surface area contributed by atoms with E-state index >= 15 is 0 Å². The van der Waals surface area contributed by atoms with E-state index in [-0.39, 0.29) is 11.8 Å². The van der Waals surface area contributed by atoms with Gasteiger partial charge in [-0.25, -0.2) is 0 Å². The van der Waals surface area contributed by atoms with E-state index in [4.69, 9.17) is 5.73 Å². The van der Waals surface area contributed by atoms with Gasteiger partial charge in [0.25, 0.3) is 0 Å². The van der Waals surface area contributed by atoms with Crippen LogP contribution < -0.4 is 5.73 Å². The van der Waals surface area contributed by atoms with Crippen molar-refractivity contribution >= 4 is 5.91 Å². The fourth-order valence-electron chi connectivity index (χ4n) is 3.84. The second-order valence-corrected chi connectivity index (χ2v) is 5.12. The molecule has 0 unspecified atom stereocenters. The largest absolute Gasteiger partial charge is 0.369 e. The standard InChI is InChI=1S/C14H17NO/c15-14(16)13-10-7-4-8-11(13)12(10)9-5-2-1-3-6-9/h1-3,5-6,10-13H,4,7-8H2,(H2,15,16)/t10-,11-,12?,13?/m0/s1. The second kappa shape index (κ2) is 3.62. The van der Waals surface area contributed by atoms with Gasteiger partial charge in [0.15, 0.2) is 0 Å². The minimum absolute atomic E-state index is 0.0816. The molecule has 3 rings (SSSR count). The Morgan fingerprint density at radius 3 is 2.31 bits per heavy atom. The van der Waals surface area contributed by atoms with Gasteiger partial charge in [-0.15, -0.1) is 0 Å². The average Bonchev–Trinajstić information content (AvgIpc) is 2.30. The first kappa shape index (κ1) is 9.88. The van der Waals surface area contributed by atoms with E-state index in [9.17, 15) is 4.79 Å². The van der Waals surface area contributed by atoms with E-state index in [1.807, 2.05) is 6.07 Å². The molecule has 0 radical (unpaired) electrons. The first-order chi connectivity index (χ1) is 7.79. The highest BCUT2D eigenvalue weighted by Gasteiger charge is 2.54. The number of fused-ring (bicyclic) bond motifs is 2. The summed E-state index contributed by atoms with van der Waals surface area (Å²) in [6.07, 6.45) is 3.61. The van der Waals surface area contributed by atoms with E-state index in [1.165, 1.54) is 24.8 Å². The molecule has 1 aromatic rings. The zero-order valence-corrected chi connectivity index (χ0v) is 9.30. The smallest absolute Gasteiger partial charge is 0.221 e. The minimum atomic E-state index is -0.0816. The Morgan fingerprint density at radius 1 is 1.12 bits per heavy atom. The molecule has 2 aliphatic rings. The van der Waals surface area contributed by atoms with Crippen molar-refractivity contribution in [3.05, 3.63) is 35.9 Å². The van der Waals surface area contributed by atoms with Crippen molar-refractivity contribution in [1.82, 2.24) is 0 Å². The van der Waals surface area contributed by atoms with Gasteiger partial charge in [-0.3, -0.25) is 4.79 Å². The van der Waals surface area contributed by atoms with Gasteiger partial charge >= 0.3 is 0 Å². The fraction of sp³-hybridized carbons (Fsp3) is 0.500. The molecule has 2 fully saturated rings. The highest BCUT2D eigenvalue weighted by Crippen LogP contribution is 2.59. The number of nitrogens with two attached hydrogens (primary N) is 1. The van der Waals surface area contributed by atoms with Crippen molar-refractivity contribution in [1.29, 1.82) is 0 Å². The number of rotatable bonds is 2. The van der Waals surface area contributed by atoms with Crippen LogP contribution in [0, 0.1) is 17.8 Å². The Balaban J connectivity index is 1.88. The summed E-state index contributed by atoms with van der Waals surface area (Å²) >= 11 is 0. The second-order valence-electron chi connectivity index (χ2n) is 5.12. The molecule has 0 spiro atoms. The lowest BCUT2D eigenvalue weighted by Gasteiger charge is -2.55. The van der Waals surface area contributed by atoms with E-state index < -0.39 is 0 Å². The molecule has 2 atom stereocenters. The van der Waals surface area contributed by atoms with Gasteiger partial charge in [-0.05, 0) is 36.2 Å². The Hall–Kier alpha value is -1.31. The number of hydrogen-bond acceptors (Lipinski definition) is 1. The molecule has 2 aliphatic carbocycles. The van der Waals surface area contributed by atoms with E-state index in [0.717, 1.165) is 0 Å². The van der Waals surface area contributed by atoms with Gasteiger partial charge in [0.2, 0.25) is 5.91 Å². The highest BCUT2D eigenvalue weighted by atomic mass is 16.1. The molecule has 0 aliphatic heterocycles. The summed E-state index contributed by atoms with van der Waals surface area (Å²) in [5.41, 5.74) is 6.89. The van der Waals surface area contributed by atoms with E-state index in [1.54, 1.807) is 0 Å². The lowest BCUT2D eigenvalue weighted by Crippen LogP contribution is -2.53. The zero-order valence-electron chi connectivity index (χ0n) is 9.30. The van der Waals surface area contributed by atoms with Gasteiger partial charge in [0.05, 0.1) is 0 Å². The van der Waals surface area contributed by atoms with E-state index in [0.29, 0.717) is 17.8 Å². The monoisotopic (exact) mass is 215 g/mol. The van der Waals surface area contributed by atoms with Crippen molar-refractivity contribution in [2.24, 2.45) is 23.5 Å². The van der Waals surface area contributed by atoms with Crippen LogP contribution in [0.4, 0.5) is 0 Å². The van der Waals surface area contributed by atoms with Crippen LogP contribution in [0.2, 0.25) is 0 Å². The van der Waals surface area contributed by atoms with Gasteiger partial charge in [-0.1, -0.05) is 36.8 Å². The summed E-state index contributed by atoms with van der Waals surface area (Å²) in [5.74, 6) is 1.69. The van der Waals surface area contributed by atoms with Crippen LogP contribution in [-0.4, -0.2) is 5.91 Å². The topological polar surface area (TPSA) is 43.1 Å². The maximum absolute atomic E-state index is 11.4. The number of amides is 1. The lowest BCUT2D eigenvalue weighted by atomic mass is 9.48. The van der Waals surface area contributed by atoms with E-state index in [2.05, 4.69) is 24.3 Å². The number of benzene rings is 1. The molecule has 2 bridgehead atoms. The zero-order chi connectivity index (χ0) is 11.1. The minimum Gasteiger partial charge on any atom is -0.369 e. The van der Waals surface area contributed by atoms with Gasteiger partial charge in [0, 0.05) is 5.92 Å². The Kier molecular flexibility index (Phi) is 2.23. The van der Waals surface area contributed by atoms with Crippen LogP contribution in [-0.2, 0) is 4.79 Å². The summed E-state index contributed by atoms with van der Waals surface area (Å²) in [5, 5.41) is 0. The van der Waals surface area contributed by atoms with Crippen LogP contribution in [0.5, 0.6) is 0 Å². The van der Waals surface area contributed by atoms with Crippen LogP contribution in [0.1, 0.15) is 30.7 Å². The van der Waals surface area contributed by atoms with Crippen molar-refractivity contribution in [3.8, 4) is 0 Å². The molecular weight excluding hydrogens is 198 g/mol. The van der Waals surface area contributed by atoms with Crippen LogP contribution in [0.25, 0.3) is 0 Å². The molecule has 2 saturated carbocycles. The molecule has 0 saturated heterocycles. The number of primary amides is 1. The third kappa shape index (κ3) is 1.29. The predicted octanol–water partition coefficient (Wildman–Crippen LogP) is 2.30. The normalized spacial score (nSPS) is 36.5. The van der Waals surface area contributed by atoms with Crippen molar-refractivity contribution in [3.63, 3.8) is 0 Å². The predicted molar refractivity (Wildman–Crippen MR) is 62.7 cm³/mol. The molecule has 1 aromatic carbocycles. The van der Waals surface area contributed by atoms with Crippen LogP contribution >= 0.6 is 0 Å².